The highest BCUT2D eigenvalue weighted by atomic mass is 31.2. The van der Waals surface area contributed by atoms with Crippen LogP contribution in [0.2, 0.25) is 0 Å². The molecular formula is C84H141NO8P+. The van der Waals surface area contributed by atoms with Crippen LogP contribution in [-0.2, 0) is 32.7 Å². The number of hydrogen-bond donors (Lipinski definition) is 1. The molecule has 1 N–H and O–H groups in total. The minimum absolute atomic E-state index is 0.0157. The first kappa shape index (κ1) is 89.4. The lowest BCUT2D eigenvalue weighted by molar-refractivity contribution is -0.870. The molecule has 0 saturated heterocycles. The van der Waals surface area contributed by atoms with E-state index in [9.17, 15) is 19.0 Å². The van der Waals surface area contributed by atoms with Gasteiger partial charge >= 0.3 is 19.8 Å². The van der Waals surface area contributed by atoms with E-state index in [2.05, 4.69) is 184 Å². The van der Waals surface area contributed by atoms with Crippen LogP contribution in [0, 0.1) is 0 Å². The summed E-state index contributed by atoms with van der Waals surface area (Å²) in [5.74, 6) is -0.850. The van der Waals surface area contributed by atoms with Gasteiger partial charge in [0.1, 0.15) is 19.8 Å². The molecule has 0 radical (unpaired) electrons. The zero-order valence-electron chi connectivity index (χ0n) is 60.9. The average molecular weight is 1320 g/mol. The number of quaternary nitrogens is 1. The summed E-state index contributed by atoms with van der Waals surface area (Å²) in [6.07, 6.45) is 111. The minimum Gasteiger partial charge on any atom is -0.462 e. The number of phosphoric acid groups is 1. The van der Waals surface area contributed by atoms with Gasteiger partial charge in [-0.3, -0.25) is 18.6 Å². The van der Waals surface area contributed by atoms with Crippen molar-refractivity contribution in [1.29, 1.82) is 0 Å². The van der Waals surface area contributed by atoms with Crippen LogP contribution in [-0.4, -0.2) is 74.9 Å². The molecule has 10 heteroatoms. The van der Waals surface area contributed by atoms with Crippen LogP contribution >= 0.6 is 7.82 Å². The van der Waals surface area contributed by atoms with E-state index < -0.39 is 26.5 Å². The third kappa shape index (κ3) is 76.4. The highest BCUT2D eigenvalue weighted by Gasteiger charge is 2.27. The topological polar surface area (TPSA) is 108 Å². The molecule has 0 aromatic rings. The Labute approximate surface area is 578 Å². The number of allylic oxidation sites excluding steroid dienone is 28. The van der Waals surface area contributed by atoms with Gasteiger partial charge in [0.05, 0.1) is 27.7 Å². The Morgan fingerprint density at radius 1 is 0.330 bits per heavy atom. The normalized spacial score (nSPS) is 14.1. The molecule has 0 aromatic heterocycles. The molecule has 0 heterocycles. The predicted octanol–water partition coefficient (Wildman–Crippen LogP) is 25.3. The summed E-state index contributed by atoms with van der Waals surface area (Å²) in [5, 5.41) is 0. The first-order chi connectivity index (χ1) is 46.0. The fourth-order valence-corrected chi connectivity index (χ4v) is 10.8. The lowest BCUT2D eigenvalue weighted by Gasteiger charge is -2.24. The van der Waals surface area contributed by atoms with Gasteiger partial charge in [-0.15, -0.1) is 0 Å². The number of carbonyl (C=O) groups is 2. The average Bonchev–Trinajstić information content (AvgIpc) is 1.56. The molecule has 94 heavy (non-hydrogen) atoms. The van der Waals surface area contributed by atoms with E-state index in [0.29, 0.717) is 17.4 Å². The van der Waals surface area contributed by atoms with E-state index >= 15 is 0 Å². The molecule has 0 saturated carbocycles. The molecule has 0 bridgehead atoms. The Morgan fingerprint density at radius 2 is 0.574 bits per heavy atom. The number of rotatable bonds is 68. The number of likely N-dealkylation sites (N-methyl/N-ethyl adjacent to an activating group) is 1. The number of hydrogen-bond acceptors (Lipinski definition) is 7. The molecule has 0 aliphatic rings. The van der Waals surface area contributed by atoms with Gasteiger partial charge in [-0.2, -0.15) is 0 Å². The molecule has 0 spiro atoms. The molecule has 2 unspecified atom stereocenters. The van der Waals surface area contributed by atoms with E-state index in [1.807, 2.05) is 21.1 Å². The molecule has 0 rings (SSSR count). The van der Waals surface area contributed by atoms with Gasteiger partial charge in [0, 0.05) is 12.8 Å². The van der Waals surface area contributed by atoms with E-state index in [-0.39, 0.29) is 32.0 Å². The highest BCUT2D eigenvalue weighted by Crippen LogP contribution is 2.43. The van der Waals surface area contributed by atoms with Crippen molar-refractivity contribution in [2.45, 2.75) is 302 Å². The number of esters is 2. The monoisotopic (exact) mass is 1320 g/mol. The van der Waals surface area contributed by atoms with Crippen molar-refractivity contribution in [2.75, 3.05) is 47.5 Å². The summed E-state index contributed by atoms with van der Waals surface area (Å²) in [6.45, 7) is 4.16. The fraction of sp³-hybridized carbons (Fsp3) is 0.643. The fourth-order valence-electron chi connectivity index (χ4n) is 10.0. The second kappa shape index (κ2) is 72.6. The van der Waals surface area contributed by atoms with Gasteiger partial charge in [-0.1, -0.05) is 325 Å². The standard InChI is InChI=1S/C84H140NO8P/c1-6-8-10-12-14-16-18-20-22-24-26-28-30-32-34-36-38-40-41-42-43-45-46-48-50-52-54-56-58-60-62-64-66-68-70-72-74-76-83(86)90-80-82(81-92-94(88,89)91-79-78-85(3,4)5)93-84(87)77-75-73-71-69-67-65-63-61-59-57-55-53-51-49-47-44-39-37-35-33-31-29-27-25-23-21-19-17-15-13-11-9-7-2/h8-11,14-17,20-23,26-29,33,35,39,44,49,51,55,57,61,63,67,69,82H,6-7,12-13,18-19,24-25,30-32,34,36-38,40-43,45-48,50,52-54,56,58-60,62,64-66,68,70-81H2,1-5H3/p+1/b10-8-,11-9-,16-14-,17-15-,22-20-,23-21-,28-26-,29-27-,35-33-,44-39-,51-49-,57-55-,63-61-,69-67-. The third-order valence-corrected chi connectivity index (χ3v) is 16.7. The van der Waals surface area contributed by atoms with Gasteiger partial charge in [-0.05, 0) is 128 Å². The Balaban J connectivity index is 4.09. The lowest BCUT2D eigenvalue weighted by Crippen LogP contribution is -2.37. The van der Waals surface area contributed by atoms with Gasteiger partial charge in [0.25, 0.3) is 0 Å². The zero-order valence-corrected chi connectivity index (χ0v) is 61.8. The van der Waals surface area contributed by atoms with Gasteiger partial charge in [0.2, 0.25) is 0 Å². The number of unbranched alkanes of at least 4 members (excludes halogenated alkanes) is 26. The van der Waals surface area contributed by atoms with Crippen LogP contribution in [0.5, 0.6) is 0 Å². The van der Waals surface area contributed by atoms with Crippen LogP contribution in [0.15, 0.2) is 170 Å². The number of carbonyl (C=O) groups excluding carboxylic acids is 2. The van der Waals surface area contributed by atoms with Crippen molar-refractivity contribution in [3.8, 4) is 0 Å². The van der Waals surface area contributed by atoms with Crippen molar-refractivity contribution < 1.29 is 42.1 Å². The predicted molar refractivity (Wildman–Crippen MR) is 408 cm³/mol. The number of phosphoric ester groups is 1. The largest absolute Gasteiger partial charge is 0.472 e. The smallest absolute Gasteiger partial charge is 0.462 e. The highest BCUT2D eigenvalue weighted by molar-refractivity contribution is 7.47. The quantitative estimate of drug-likeness (QED) is 0.0211. The van der Waals surface area contributed by atoms with Crippen LogP contribution < -0.4 is 0 Å². The lowest BCUT2D eigenvalue weighted by atomic mass is 10.0. The van der Waals surface area contributed by atoms with E-state index in [1.165, 1.54) is 141 Å². The van der Waals surface area contributed by atoms with E-state index in [1.54, 1.807) is 0 Å². The molecule has 9 nitrogen and oxygen atoms in total. The molecule has 0 aliphatic carbocycles. The van der Waals surface area contributed by atoms with Gasteiger partial charge in [0.15, 0.2) is 6.10 Å². The van der Waals surface area contributed by atoms with Crippen molar-refractivity contribution in [3.05, 3.63) is 170 Å². The molecule has 0 aliphatic heterocycles. The molecule has 2 atom stereocenters. The van der Waals surface area contributed by atoms with Crippen LogP contribution in [0.1, 0.15) is 296 Å². The van der Waals surface area contributed by atoms with Crippen LogP contribution in [0.25, 0.3) is 0 Å². The van der Waals surface area contributed by atoms with Crippen molar-refractivity contribution in [1.82, 2.24) is 0 Å². The maximum atomic E-state index is 12.9. The summed E-state index contributed by atoms with van der Waals surface area (Å²) < 4.78 is 34.7. The van der Waals surface area contributed by atoms with Gasteiger partial charge in [-0.25, -0.2) is 4.57 Å². The van der Waals surface area contributed by atoms with Crippen LogP contribution in [0.4, 0.5) is 0 Å². The van der Waals surface area contributed by atoms with Gasteiger partial charge < -0.3 is 18.9 Å². The van der Waals surface area contributed by atoms with Crippen molar-refractivity contribution in [2.24, 2.45) is 0 Å². The summed E-state index contributed by atoms with van der Waals surface area (Å²) >= 11 is 0. The summed E-state index contributed by atoms with van der Waals surface area (Å²) in [4.78, 5) is 35.9. The van der Waals surface area contributed by atoms with E-state index in [0.717, 1.165) is 122 Å². The zero-order chi connectivity index (χ0) is 68.3. The molecular weight excluding hydrogens is 1180 g/mol. The van der Waals surface area contributed by atoms with Crippen LogP contribution in [0.3, 0.4) is 0 Å². The first-order valence-electron chi connectivity index (χ1n) is 37.9. The summed E-state index contributed by atoms with van der Waals surface area (Å²) in [7, 11) is 1.43. The molecule has 534 valence electrons. The SMILES string of the molecule is CC/C=C\C/C=C\C/C=C\C/C=C\C/C=C\C/C=C\C/C=C\C/C=C\C/C=C\C/C=C\CCCCC(=O)OC(COC(=O)CCCCCCCCCCCCCCCCCCCCCCCCCC/C=C\C/C=C\C/C=C\C/C=C\CC)COP(=O)(O)OCC[N+](C)(C)C. The first-order valence-corrected chi connectivity index (χ1v) is 39.4. The van der Waals surface area contributed by atoms with Crippen molar-refractivity contribution >= 4 is 19.8 Å². The maximum Gasteiger partial charge on any atom is 0.472 e. The Morgan fingerprint density at radius 3 is 0.872 bits per heavy atom. The Kier molecular flexibility index (Phi) is 69.1. The second-order valence-electron chi connectivity index (χ2n) is 25.9. The van der Waals surface area contributed by atoms with E-state index in [4.69, 9.17) is 18.5 Å². The molecule has 0 fully saturated rings. The third-order valence-electron chi connectivity index (χ3n) is 15.7. The summed E-state index contributed by atoms with van der Waals surface area (Å²) in [6, 6.07) is 0. The molecule has 0 amide bonds. The maximum absolute atomic E-state index is 12.9. The number of ether oxygens (including phenoxy) is 2. The Bertz CT molecular complexity index is 2200. The molecule has 0 aromatic carbocycles. The summed E-state index contributed by atoms with van der Waals surface area (Å²) in [5.41, 5.74) is 0. The Hall–Kier alpha value is -4.63. The number of nitrogens with zero attached hydrogens (tertiary/aromatic N) is 1. The van der Waals surface area contributed by atoms with Crippen molar-refractivity contribution in [3.63, 3.8) is 0 Å². The minimum atomic E-state index is -4.42. The second-order valence-corrected chi connectivity index (χ2v) is 27.4.